The second-order valence-corrected chi connectivity index (χ2v) is 7.08. The minimum absolute atomic E-state index is 0.812. The zero-order valence-corrected chi connectivity index (χ0v) is 14.3. The Kier molecular flexibility index (Phi) is 4.50. The summed E-state index contributed by atoms with van der Waals surface area (Å²) < 4.78 is 5.24. The Balaban J connectivity index is 1.29. The normalized spacial score (nSPS) is 24.2. The Hall–Kier alpha value is -1.91. The number of pyridine rings is 1. The number of ether oxygens (including phenoxy) is 1. The first-order valence-corrected chi connectivity index (χ1v) is 8.78. The van der Waals surface area contributed by atoms with Gasteiger partial charge >= 0.3 is 0 Å². The number of hydrogen-bond acceptors (Lipinski definition) is 4. The highest BCUT2D eigenvalue weighted by molar-refractivity contribution is 5.27. The molecule has 1 aromatic carbocycles. The molecule has 0 radical (unpaired) electrons. The van der Waals surface area contributed by atoms with Crippen molar-refractivity contribution in [3.8, 4) is 5.75 Å². The van der Waals surface area contributed by atoms with Crippen molar-refractivity contribution >= 4 is 0 Å². The lowest BCUT2D eigenvalue weighted by Crippen LogP contribution is -2.28. The third kappa shape index (κ3) is 3.45. The van der Waals surface area contributed by atoms with Gasteiger partial charge in [-0.25, -0.2) is 0 Å². The summed E-state index contributed by atoms with van der Waals surface area (Å²) in [5.74, 6) is 2.56. The molecule has 4 nitrogen and oxygen atoms in total. The van der Waals surface area contributed by atoms with Gasteiger partial charge in [0.2, 0.25) is 0 Å². The van der Waals surface area contributed by atoms with E-state index < -0.39 is 0 Å². The monoisotopic (exact) mass is 323 g/mol. The van der Waals surface area contributed by atoms with Gasteiger partial charge in [0.25, 0.3) is 0 Å². The van der Waals surface area contributed by atoms with Crippen molar-refractivity contribution in [2.75, 3.05) is 33.3 Å². The largest absolute Gasteiger partial charge is 0.497 e. The van der Waals surface area contributed by atoms with Crippen molar-refractivity contribution in [2.24, 2.45) is 11.8 Å². The van der Waals surface area contributed by atoms with E-state index in [2.05, 4.69) is 51.2 Å². The molecule has 2 saturated heterocycles. The molecule has 0 N–H and O–H groups in total. The summed E-state index contributed by atoms with van der Waals surface area (Å²) in [6.07, 6.45) is 1.89. The van der Waals surface area contributed by atoms with Crippen molar-refractivity contribution < 1.29 is 4.74 Å². The second-order valence-electron chi connectivity index (χ2n) is 7.08. The Labute approximate surface area is 144 Å². The van der Waals surface area contributed by atoms with Crippen LogP contribution in [0.4, 0.5) is 0 Å². The number of likely N-dealkylation sites (tertiary alicyclic amines) is 2. The number of fused-ring (bicyclic) bond motifs is 1. The van der Waals surface area contributed by atoms with Gasteiger partial charge in [0.15, 0.2) is 0 Å². The summed E-state index contributed by atoms with van der Waals surface area (Å²) >= 11 is 0. The zero-order valence-electron chi connectivity index (χ0n) is 14.3. The first kappa shape index (κ1) is 15.6. The van der Waals surface area contributed by atoms with Gasteiger partial charge in [0, 0.05) is 45.5 Å². The van der Waals surface area contributed by atoms with Crippen molar-refractivity contribution in [3.05, 3.63) is 59.9 Å². The fourth-order valence-corrected chi connectivity index (χ4v) is 4.16. The van der Waals surface area contributed by atoms with Crippen LogP contribution in [0.2, 0.25) is 0 Å². The highest BCUT2D eigenvalue weighted by Crippen LogP contribution is 2.32. The second kappa shape index (κ2) is 6.91. The van der Waals surface area contributed by atoms with E-state index in [9.17, 15) is 0 Å². The molecule has 2 atom stereocenters. The van der Waals surface area contributed by atoms with Gasteiger partial charge in [-0.15, -0.1) is 0 Å². The summed E-state index contributed by atoms with van der Waals surface area (Å²) in [4.78, 5) is 9.64. The lowest BCUT2D eigenvalue weighted by molar-refractivity contribution is 0.245. The molecule has 4 rings (SSSR count). The van der Waals surface area contributed by atoms with Gasteiger partial charge in [-0.05, 0) is 41.7 Å². The molecule has 0 amide bonds. The van der Waals surface area contributed by atoms with Crippen LogP contribution < -0.4 is 4.74 Å². The minimum Gasteiger partial charge on any atom is -0.497 e. The van der Waals surface area contributed by atoms with Crippen LogP contribution in [0, 0.1) is 11.8 Å². The van der Waals surface area contributed by atoms with Crippen molar-refractivity contribution in [1.29, 1.82) is 0 Å². The number of rotatable bonds is 5. The number of benzene rings is 1. The zero-order chi connectivity index (χ0) is 16.4. The van der Waals surface area contributed by atoms with Crippen LogP contribution in [0.25, 0.3) is 0 Å². The molecule has 0 spiro atoms. The molecule has 0 aliphatic carbocycles. The van der Waals surface area contributed by atoms with Crippen LogP contribution in [0.15, 0.2) is 48.7 Å². The quantitative estimate of drug-likeness (QED) is 0.846. The van der Waals surface area contributed by atoms with E-state index in [1.165, 1.54) is 37.4 Å². The minimum atomic E-state index is 0.812. The lowest BCUT2D eigenvalue weighted by atomic mass is 10.0. The van der Waals surface area contributed by atoms with Crippen LogP contribution in [0.5, 0.6) is 5.75 Å². The van der Waals surface area contributed by atoms with E-state index in [4.69, 9.17) is 4.74 Å². The van der Waals surface area contributed by atoms with Crippen LogP contribution in [0.1, 0.15) is 11.3 Å². The number of hydrogen-bond donors (Lipinski definition) is 0. The van der Waals surface area contributed by atoms with Gasteiger partial charge in [0.1, 0.15) is 5.75 Å². The van der Waals surface area contributed by atoms with E-state index in [0.717, 1.165) is 30.7 Å². The van der Waals surface area contributed by atoms with Crippen LogP contribution in [-0.4, -0.2) is 48.1 Å². The summed E-state index contributed by atoms with van der Waals surface area (Å²) in [5.41, 5.74) is 2.56. The molecule has 1 aromatic heterocycles. The summed E-state index contributed by atoms with van der Waals surface area (Å²) in [7, 11) is 1.72. The van der Waals surface area contributed by atoms with Crippen molar-refractivity contribution in [1.82, 2.24) is 14.8 Å². The third-order valence-corrected chi connectivity index (χ3v) is 5.31. The lowest BCUT2D eigenvalue weighted by Gasteiger charge is -2.21. The van der Waals surface area contributed by atoms with Crippen LogP contribution in [-0.2, 0) is 13.1 Å². The predicted octanol–water partition coefficient (Wildman–Crippen LogP) is 2.65. The SMILES string of the molecule is COc1ccc(CN2CC3CN(Cc4ccccn4)CC3C2)cc1. The maximum atomic E-state index is 5.24. The number of nitrogens with zero attached hydrogens (tertiary/aromatic N) is 3. The van der Waals surface area contributed by atoms with E-state index in [1.54, 1.807) is 7.11 Å². The molecule has 2 unspecified atom stereocenters. The molecule has 2 aliphatic rings. The van der Waals surface area contributed by atoms with Gasteiger partial charge in [-0.3, -0.25) is 14.8 Å². The Morgan fingerprint density at radius 2 is 1.58 bits per heavy atom. The summed E-state index contributed by atoms with van der Waals surface area (Å²) in [5, 5.41) is 0. The summed E-state index contributed by atoms with van der Waals surface area (Å²) in [6.45, 7) is 6.90. The van der Waals surface area contributed by atoms with Gasteiger partial charge in [-0.2, -0.15) is 0 Å². The Morgan fingerprint density at radius 1 is 0.917 bits per heavy atom. The first-order chi connectivity index (χ1) is 11.8. The van der Waals surface area contributed by atoms with E-state index in [0.29, 0.717) is 0 Å². The van der Waals surface area contributed by atoms with Crippen LogP contribution >= 0.6 is 0 Å². The molecule has 4 heteroatoms. The van der Waals surface area contributed by atoms with Gasteiger partial charge < -0.3 is 4.74 Å². The Bertz CT molecular complexity index is 644. The molecule has 2 fully saturated rings. The average Bonchev–Trinajstić information content (AvgIpc) is 3.14. The number of methoxy groups -OCH3 is 1. The van der Waals surface area contributed by atoms with E-state index in [1.807, 2.05) is 12.3 Å². The molecule has 24 heavy (non-hydrogen) atoms. The topological polar surface area (TPSA) is 28.6 Å². The van der Waals surface area contributed by atoms with E-state index in [-0.39, 0.29) is 0 Å². The van der Waals surface area contributed by atoms with Crippen LogP contribution in [0.3, 0.4) is 0 Å². The average molecular weight is 323 g/mol. The fourth-order valence-electron chi connectivity index (χ4n) is 4.16. The fraction of sp³-hybridized carbons (Fsp3) is 0.450. The molecular weight excluding hydrogens is 298 g/mol. The molecule has 126 valence electrons. The van der Waals surface area contributed by atoms with Gasteiger partial charge in [-0.1, -0.05) is 18.2 Å². The molecule has 2 aliphatic heterocycles. The third-order valence-electron chi connectivity index (χ3n) is 5.31. The maximum absolute atomic E-state index is 5.24. The Morgan fingerprint density at radius 3 is 2.17 bits per heavy atom. The highest BCUT2D eigenvalue weighted by Gasteiger charge is 2.39. The highest BCUT2D eigenvalue weighted by atomic mass is 16.5. The first-order valence-electron chi connectivity index (χ1n) is 8.78. The van der Waals surface area contributed by atoms with Gasteiger partial charge in [0.05, 0.1) is 12.8 Å². The summed E-state index contributed by atoms with van der Waals surface area (Å²) in [6, 6.07) is 14.7. The molecule has 3 heterocycles. The maximum Gasteiger partial charge on any atom is 0.118 e. The molecular formula is C20H25N3O. The molecule has 0 saturated carbocycles. The molecule has 0 bridgehead atoms. The number of aromatic nitrogens is 1. The molecule has 2 aromatic rings. The predicted molar refractivity (Wildman–Crippen MR) is 94.8 cm³/mol. The van der Waals surface area contributed by atoms with Crippen molar-refractivity contribution in [2.45, 2.75) is 13.1 Å². The van der Waals surface area contributed by atoms with E-state index >= 15 is 0 Å². The van der Waals surface area contributed by atoms with Crippen molar-refractivity contribution in [3.63, 3.8) is 0 Å². The smallest absolute Gasteiger partial charge is 0.118 e. The standard InChI is InChI=1S/C20H25N3O/c1-24-20-7-5-16(6-8-20)10-22-11-17-13-23(14-18(17)12-22)15-19-4-2-3-9-21-19/h2-9,17-18H,10-15H2,1H3.